The molecule has 2 aromatic rings. The van der Waals surface area contributed by atoms with Crippen molar-refractivity contribution < 1.29 is 9.31 Å². The highest BCUT2D eigenvalue weighted by Crippen LogP contribution is 2.38. The van der Waals surface area contributed by atoms with E-state index in [9.17, 15) is 0 Å². The van der Waals surface area contributed by atoms with E-state index in [0.29, 0.717) is 5.92 Å². The second-order valence-corrected chi connectivity index (χ2v) is 8.47. The molecule has 2 aromatic heterocycles. The molecule has 1 aliphatic heterocycles. The van der Waals surface area contributed by atoms with Crippen molar-refractivity contribution in [1.82, 2.24) is 14.6 Å². The minimum atomic E-state index is -0.448. The van der Waals surface area contributed by atoms with E-state index >= 15 is 0 Å². The van der Waals surface area contributed by atoms with Gasteiger partial charge in [0.05, 0.1) is 28.5 Å². The first-order chi connectivity index (χ1) is 12.3. The van der Waals surface area contributed by atoms with Gasteiger partial charge in [-0.05, 0) is 53.4 Å². The van der Waals surface area contributed by atoms with Crippen LogP contribution in [0.2, 0.25) is 0 Å². The number of rotatable bonds is 2. The van der Waals surface area contributed by atoms with Crippen LogP contribution in [-0.4, -0.2) is 32.9 Å². The van der Waals surface area contributed by atoms with Crippen LogP contribution >= 0.6 is 0 Å². The molecule has 136 valence electrons. The Hall–Kier alpha value is -1.91. The van der Waals surface area contributed by atoms with Gasteiger partial charge in [0.1, 0.15) is 0 Å². The van der Waals surface area contributed by atoms with Gasteiger partial charge in [0.2, 0.25) is 0 Å². The highest BCUT2D eigenvalue weighted by molar-refractivity contribution is 6.64. The van der Waals surface area contributed by atoms with E-state index in [1.807, 2.05) is 16.9 Å². The van der Waals surface area contributed by atoms with E-state index in [0.717, 1.165) is 42.4 Å². The SMILES string of the molecule is CC1(C)OB(c2cnn3ccnc([C@H]4CC[C@@H](C#N)CC4)c23)OC1(C)C. The molecule has 26 heavy (non-hydrogen) atoms. The van der Waals surface area contributed by atoms with Crippen molar-refractivity contribution in [3.8, 4) is 6.07 Å². The van der Waals surface area contributed by atoms with Gasteiger partial charge in [-0.25, -0.2) is 4.52 Å². The van der Waals surface area contributed by atoms with Crippen LogP contribution in [0.15, 0.2) is 18.6 Å². The van der Waals surface area contributed by atoms with Gasteiger partial charge in [0.15, 0.2) is 0 Å². The molecule has 0 spiro atoms. The molecule has 0 aromatic carbocycles. The van der Waals surface area contributed by atoms with Gasteiger partial charge in [-0.2, -0.15) is 10.4 Å². The van der Waals surface area contributed by atoms with Crippen molar-refractivity contribution in [2.75, 3.05) is 0 Å². The van der Waals surface area contributed by atoms with Crippen molar-refractivity contribution in [2.24, 2.45) is 5.92 Å². The average Bonchev–Trinajstić information content (AvgIpc) is 3.13. The summed E-state index contributed by atoms with van der Waals surface area (Å²) >= 11 is 0. The smallest absolute Gasteiger partial charge is 0.399 e. The van der Waals surface area contributed by atoms with Crippen LogP contribution in [0.4, 0.5) is 0 Å². The van der Waals surface area contributed by atoms with E-state index in [-0.39, 0.29) is 17.1 Å². The Labute approximate surface area is 154 Å². The number of hydrogen-bond donors (Lipinski definition) is 0. The van der Waals surface area contributed by atoms with Crippen molar-refractivity contribution >= 4 is 18.1 Å². The second-order valence-electron chi connectivity index (χ2n) is 8.47. The first kappa shape index (κ1) is 17.5. The lowest BCUT2D eigenvalue weighted by Crippen LogP contribution is -2.41. The fourth-order valence-corrected chi connectivity index (χ4v) is 3.93. The lowest BCUT2D eigenvalue weighted by Gasteiger charge is -2.32. The van der Waals surface area contributed by atoms with Crippen molar-refractivity contribution in [3.05, 3.63) is 24.3 Å². The zero-order valence-electron chi connectivity index (χ0n) is 15.9. The van der Waals surface area contributed by atoms with E-state index < -0.39 is 7.12 Å². The number of aromatic nitrogens is 3. The number of fused-ring (bicyclic) bond motifs is 1. The van der Waals surface area contributed by atoms with Crippen LogP contribution in [0.1, 0.15) is 65.0 Å². The van der Waals surface area contributed by atoms with E-state index in [4.69, 9.17) is 19.6 Å². The molecule has 0 bridgehead atoms. The van der Waals surface area contributed by atoms with Crippen LogP contribution in [0.5, 0.6) is 0 Å². The first-order valence-electron chi connectivity index (χ1n) is 9.40. The molecule has 0 N–H and O–H groups in total. The lowest BCUT2D eigenvalue weighted by atomic mass is 9.76. The number of nitrogens with zero attached hydrogens (tertiary/aromatic N) is 4. The fourth-order valence-electron chi connectivity index (χ4n) is 3.93. The Balaban J connectivity index is 1.71. The Morgan fingerprint density at radius 3 is 2.42 bits per heavy atom. The van der Waals surface area contributed by atoms with E-state index in [1.165, 1.54) is 0 Å². The minimum absolute atomic E-state index is 0.179. The van der Waals surface area contributed by atoms with Gasteiger partial charge < -0.3 is 9.31 Å². The van der Waals surface area contributed by atoms with Gasteiger partial charge in [0.25, 0.3) is 0 Å². The largest absolute Gasteiger partial charge is 0.498 e. The highest BCUT2D eigenvalue weighted by atomic mass is 16.7. The lowest BCUT2D eigenvalue weighted by molar-refractivity contribution is 0.00578. The molecular weight excluding hydrogens is 327 g/mol. The quantitative estimate of drug-likeness (QED) is 0.777. The molecule has 2 aliphatic rings. The maximum absolute atomic E-state index is 9.16. The maximum Gasteiger partial charge on any atom is 0.498 e. The van der Waals surface area contributed by atoms with Gasteiger partial charge in [-0.3, -0.25) is 4.98 Å². The molecule has 0 atom stereocenters. The van der Waals surface area contributed by atoms with Crippen LogP contribution in [0.3, 0.4) is 0 Å². The standard InChI is InChI=1S/C19H25BN4O2/c1-18(2)19(3,4)26-20(25-18)15-12-23-24-10-9-22-16(17(15)24)14-7-5-13(11-21)6-8-14/h9-10,12-14H,5-8H2,1-4H3/t13-,14+. The molecule has 7 heteroatoms. The Kier molecular flexibility index (Phi) is 4.09. The summed E-state index contributed by atoms with van der Waals surface area (Å²) in [7, 11) is -0.448. The summed E-state index contributed by atoms with van der Waals surface area (Å²) in [4.78, 5) is 4.70. The van der Waals surface area contributed by atoms with Crippen molar-refractivity contribution in [3.63, 3.8) is 0 Å². The maximum atomic E-state index is 9.16. The van der Waals surface area contributed by atoms with Gasteiger partial charge >= 0.3 is 7.12 Å². The zero-order chi connectivity index (χ0) is 18.5. The predicted molar refractivity (Wildman–Crippen MR) is 99.0 cm³/mol. The molecule has 3 heterocycles. The Morgan fingerprint density at radius 2 is 1.81 bits per heavy atom. The summed E-state index contributed by atoms with van der Waals surface area (Å²) in [5.74, 6) is 0.527. The topological polar surface area (TPSA) is 72.4 Å². The molecule has 0 radical (unpaired) electrons. The van der Waals surface area contributed by atoms with Crippen LogP contribution in [0.25, 0.3) is 5.52 Å². The predicted octanol–water partition coefficient (Wildman–Crippen LogP) is 2.83. The fraction of sp³-hybridized carbons (Fsp3) is 0.632. The normalized spacial score (nSPS) is 27.6. The molecule has 6 nitrogen and oxygen atoms in total. The third-order valence-electron chi connectivity index (χ3n) is 6.29. The zero-order valence-corrected chi connectivity index (χ0v) is 15.9. The van der Waals surface area contributed by atoms with E-state index in [1.54, 1.807) is 6.20 Å². The summed E-state index contributed by atoms with van der Waals surface area (Å²) < 4.78 is 14.4. The molecule has 1 saturated heterocycles. The first-order valence-corrected chi connectivity index (χ1v) is 9.40. The molecule has 1 saturated carbocycles. The summed E-state index contributed by atoms with van der Waals surface area (Å²) in [6.45, 7) is 8.23. The number of nitriles is 1. The van der Waals surface area contributed by atoms with Crippen LogP contribution < -0.4 is 5.46 Å². The minimum Gasteiger partial charge on any atom is -0.399 e. The summed E-state index contributed by atoms with van der Waals surface area (Å²) in [5.41, 5.74) is 2.20. The molecule has 0 amide bonds. The third kappa shape index (κ3) is 2.72. The van der Waals surface area contributed by atoms with Crippen molar-refractivity contribution in [2.45, 2.75) is 70.5 Å². The van der Waals surface area contributed by atoms with E-state index in [2.05, 4.69) is 38.9 Å². The highest BCUT2D eigenvalue weighted by Gasteiger charge is 2.52. The van der Waals surface area contributed by atoms with Gasteiger partial charge in [-0.15, -0.1) is 0 Å². The molecule has 0 unspecified atom stereocenters. The van der Waals surface area contributed by atoms with Gasteiger partial charge in [0, 0.05) is 35.9 Å². The second kappa shape index (κ2) is 6.07. The van der Waals surface area contributed by atoms with Crippen LogP contribution in [-0.2, 0) is 9.31 Å². The van der Waals surface area contributed by atoms with Crippen LogP contribution in [0, 0.1) is 17.2 Å². The van der Waals surface area contributed by atoms with Crippen molar-refractivity contribution in [1.29, 1.82) is 5.26 Å². The molecular formula is C19H25BN4O2. The molecule has 4 rings (SSSR count). The third-order valence-corrected chi connectivity index (χ3v) is 6.29. The van der Waals surface area contributed by atoms with Gasteiger partial charge in [-0.1, -0.05) is 0 Å². The average molecular weight is 352 g/mol. The Bertz CT molecular complexity index is 846. The monoisotopic (exact) mass is 352 g/mol. The number of hydrogen-bond acceptors (Lipinski definition) is 5. The summed E-state index contributed by atoms with van der Waals surface area (Å²) in [6, 6.07) is 2.40. The Morgan fingerprint density at radius 1 is 1.15 bits per heavy atom. The summed E-state index contributed by atoms with van der Waals surface area (Å²) in [5, 5.41) is 13.7. The molecule has 1 aliphatic carbocycles. The molecule has 2 fully saturated rings. The summed E-state index contributed by atoms with van der Waals surface area (Å²) in [6.07, 6.45) is 9.35.